The second kappa shape index (κ2) is 8.59. The molecule has 24 heavy (non-hydrogen) atoms. The normalized spacial score (nSPS) is 35.7. The van der Waals surface area contributed by atoms with Gasteiger partial charge in [0.05, 0.1) is 24.4 Å². The molecule has 5 nitrogen and oxygen atoms in total. The third-order valence-electron chi connectivity index (χ3n) is 5.62. The highest BCUT2D eigenvalue weighted by Gasteiger charge is 2.41. The predicted octanol–water partition coefficient (Wildman–Crippen LogP) is 1.14. The van der Waals surface area contributed by atoms with Crippen LogP contribution in [0.4, 0.5) is 0 Å². The Kier molecular flexibility index (Phi) is 7.01. The Morgan fingerprint density at radius 1 is 1.17 bits per heavy atom. The summed E-state index contributed by atoms with van der Waals surface area (Å²) in [7, 11) is 0. The van der Waals surface area contributed by atoms with E-state index in [2.05, 4.69) is 6.08 Å². The van der Waals surface area contributed by atoms with Crippen molar-refractivity contribution < 1.29 is 25.5 Å². The highest BCUT2D eigenvalue weighted by Crippen LogP contribution is 2.44. The van der Waals surface area contributed by atoms with E-state index >= 15 is 0 Å². The van der Waals surface area contributed by atoms with Crippen LogP contribution in [0, 0.1) is 17.8 Å². The number of aliphatic hydroxyl groups excluding tert-OH is 5. The monoisotopic (exact) mass is 340 g/mol. The maximum atomic E-state index is 10.5. The van der Waals surface area contributed by atoms with Crippen molar-refractivity contribution in [1.82, 2.24) is 0 Å². The summed E-state index contributed by atoms with van der Waals surface area (Å²) in [5.41, 5.74) is 2.13. The molecule has 0 fully saturated rings. The zero-order valence-corrected chi connectivity index (χ0v) is 14.7. The first kappa shape index (κ1) is 19.6. The van der Waals surface area contributed by atoms with E-state index in [1.165, 1.54) is 0 Å². The number of hydrogen-bond acceptors (Lipinski definition) is 5. The zero-order chi connectivity index (χ0) is 17.9. The van der Waals surface area contributed by atoms with Crippen LogP contribution in [0.3, 0.4) is 0 Å². The van der Waals surface area contributed by atoms with Gasteiger partial charge >= 0.3 is 0 Å². The van der Waals surface area contributed by atoms with Crippen LogP contribution < -0.4 is 0 Å². The van der Waals surface area contributed by atoms with Crippen LogP contribution in [-0.2, 0) is 0 Å². The van der Waals surface area contributed by atoms with Gasteiger partial charge in [0.25, 0.3) is 0 Å². The Hall–Kier alpha value is -0.720. The zero-order valence-electron chi connectivity index (χ0n) is 14.7. The van der Waals surface area contributed by atoms with Crippen LogP contribution in [0.25, 0.3) is 0 Å². The molecule has 5 heteroatoms. The summed E-state index contributed by atoms with van der Waals surface area (Å²) < 4.78 is 0. The van der Waals surface area contributed by atoms with Crippen LogP contribution in [0.15, 0.2) is 23.3 Å². The lowest BCUT2D eigenvalue weighted by molar-refractivity contribution is 0.00916. The lowest BCUT2D eigenvalue weighted by atomic mass is 9.64. The first-order valence-corrected chi connectivity index (χ1v) is 9.05. The maximum Gasteiger partial charge on any atom is 0.0755 e. The van der Waals surface area contributed by atoms with Gasteiger partial charge < -0.3 is 25.5 Å². The summed E-state index contributed by atoms with van der Waals surface area (Å²) in [6.07, 6.45) is 4.00. The number of aliphatic hydroxyl groups is 5. The van der Waals surface area contributed by atoms with Gasteiger partial charge in [-0.2, -0.15) is 0 Å². The molecule has 7 atom stereocenters. The Morgan fingerprint density at radius 3 is 2.50 bits per heavy atom. The Balaban J connectivity index is 2.02. The van der Waals surface area contributed by atoms with Crippen LogP contribution in [0.2, 0.25) is 0 Å². The van der Waals surface area contributed by atoms with Gasteiger partial charge in [-0.1, -0.05) is 24.6 Å². The molecule has 0 unspecified atom stereocenters. The van der Waals surface area contributed by atoms with Gasteiger partial charge in [-0.25, -0.2) is 0 Å². The lowest BCUT2D eigenvalue weighted by Crippen LogP contribution is -2.42. The molecule has 0 spiro atoms. The minimum Gasteiger partial charge on any atom is -0.396 e. The van der Waals surface area contributed by atoms with Crippen molar-refractivity contribution in [3.05, 3.63) is 23.3 Å². The van der Waals surface area contributed by atoms with Gasteiger partial charge in [0.2, 0.25) is 0 Å². The molecule has 0 bridgehead atoms. The minimum atomic E-state index is -0.694. The molecular formula is C19H32O5. The van der Waals surface area contributed by atoms with E-state index in [4.69, 9.17) is 5.11 Å². The number of allylic oxidation sites excluding steroid dienone is 1. The Labute approximate surface area is 144 Å². The van der Waals surface area contributed by atoms with Gasteiger partial charge in [0, 0.05) is 12.5 Å². The summed E-state index contributed by atoms with van der Waals surface area (Å²) >= 11 is 0. The first-order valence-electron chi connectivity index (χ1n) is 9.05. The minimum absolute atomic E-state index is 0.00154. The van der Waals surface area contributed by atoms with Crippen LogP contribution in [-0.4, -0.2) is 56.6 Å². The van der Waals surface area contributed by atoms with Crippen molar-refractivity contribution in [2.24, 2.45) is 17.8 Å². The first-order chi connectivity index (χ1) is 11.3. The molecule has 2 rings (SSSR count). The highest BCUT2D eigenvalue weighted by atomic mass is 16.3. The number of hydrogen-bond donors (Lipinski definition) is 5. The fraction of sp³-hybridized carbons (Fsp3) is 0.789. The number of fused-ring (bicyclic) bond motifs is 1. The fourth-order valence-corrected chi connectivity index (χ4v) is 4.27. The molecule has 5 N–H and O–H groups in total. The molecule has 0 heterocycles. The summed E-state index contributed by atoms with van der Waals surface area (Å²) in [5.74, 6) is 0.125. The largest absolute Gasteiger partial charge is 0.396 e. The Morgan fingerprint density at radius 2 is 1.83 bits per heavy atom. The van der Waals surface area contributed by atoms with Crippen LogP contribution in [0.5, 0.6) is 0 Å². The fourth-order valence-electron chi connectivity index (χ4n) is 4.27. The van der Waals surface area contributed by atoms with E-state index in [-0.39, 0.29) is 37.2 Å². The van der Waals surface area contributed by atoms with Crippen molar-refractivity contribution in [3.63, 3.8) is 0 Å². The van der Waals surface area contributed by atoms with Gasteiger partial charge in [-0.3, -0.25) is 0 Å². The van der Waals surface area contributed by atoms with E-state index in [1.807, 2.05) is 19.9 Å². The second-order valence-corrected chi connectivity index (χ2v) is 7.60. The SMILES string of the molecule is CC1=CC2=C[C@@H](O)[C@H](C)[C@H](CC[C@@H](O)C[C@@H](O)CCO)[C@H]2[C@@H](O)C1. The lowest BCUT2D eigenvalue weighted by Gasteiger charge is -2.43. The van der Waals surface area contributed by atoms with Gasteiger partial charge in [0.1, 0.15) is 0 Å². The molecule has 2 aliphatic rings. The summed E-state index contributed by atoms with van der Waals surface area (Å²) in [6, 6.07) is 0. The third kappa shape index (κ3) is 4.67. The highest BCUT2D eigenvalue weighted by molar-refractivity contribution is 5.34. The molecule has 0 aromatic rings. The molecule has 0 aromatic heterocycles. The van der Waals surface area contributed by atoms with Crippen LogP contribution >= 0.6 is 0 Å². The maximum absolute atomic E-state index is 10.5. The third-order valence-corrected chi connectivity index (χ3v) is 5.62. The number of rotatable bonds is 7. The second-order valence-electron chi connectivity index (χ2n) is 7.60. The quantitative estimate of drug-likeness (QED) is 0.478. The van der Waals surface area contributed by atoms with Gasteiger partial charge in [-0.15, -0.1) is 0 Å². The van der Waals surface area contributed by atoms with E-state index in [9.17, 15) is 20.4 Å². The van der Waals surface area contributed by atoms with Crippen molar-refractivity contribution >= 4 is 0 Å². The van der Waals surface area contributed by atoms with E-state index in [0.717, 1.165) is 11.1 Å². The predicted molar refractivity (Wildman–Crippen MR) is 92.2 cm³/mol. The average Bonchev–Trinajstić information content (AvgIpc) is 2.48. The molecule has 0 radical (unpaired) electrons. The van der Waals surface area contributed by atoms with Crippen molar-refractivity contribution in [3.8, 4) is 0 Å². The van der Waals surface area contributed by atoms with E-state index in [1.54, 1.807) is 0 Å². The van der Waals surface area contributed by atoms with Crippen molar-refractivity contribution in [1.29, 1.82) is 0 Å². The van der Waals surface area contributed by atoms with Crippen molar-refractivity contribution in [2.75, 3.05) is 6.61 Å². The molecule has 0 aliphatic heterocycles. The standard InChI is InChI=1S/C19H32O5/c1-11-7-13-9-17(23)12(2)16(19(13)18(24)8-11)4-3-14(21)10-15(22)5-6-20/h7,9,12,14-24H,3-6,8,10H2,1-2H3/t12-,14-,15+,16+,17-,18+,19+/m1/s1. The van der Waals surface area contributed by atoms with E-state index in [0.29, 0.717) is 19.3 Å². The average molecular weight is 340 g/mol. The molecule has 0 saturated carbocycles. The summed E-state index contributed by atoms with van der Waals surface area (Å²) in [4.78, 5) is 0. The topological polar surface area (TPSA) is 101 Å². The molecule has 138 valence electrons. The summed E-state index contributed by atoms with van der Waals surface area (Å²) in [6.45, 7) is 3.90. The van der Waals surface area contributed by atoms with Gasteiger partial charge in [-0.05, 0) is 56.4 Å². The molecule has 0 saturated heterocycles. The summed E-state index contributed by atoms with van der Waals surface area (Å²) in [5, 5.41) is 49.5. The molecule has 2 aliphatic carbocycles. The van der Waals surface area contributed by atoms with E-state index < -0.39 is 24.4 Å². The van der Waals surface area contributed by atoms with Crippen molar-refractivity contribution in [2.45, 2.75) is 70.4 Å². The molecule has 0 aromatic carbocycles. The molecular weight excluding hydrogens is 308 g/mol. The Bertz CT molecular complexity index is 472. The molecule has 0 amide bonds. The van der Waals surface area contributed by atoms with Crippen LogP contribution in [0.1, 0.15) is 46.0 Å². The smallest absolute Gasteiger partial charge is 0.0755 e. The van der Waals surface area contributed by atoms with Gasteiger partial charge in [0.15, 0.2) is 0 Å².